The number of rotatable bonds is 7. The molecule has 19 heavy (non-hydrogen) atoms. The maximum atomic E-state index is 12.7. The van der Waals surface area contributed by atoms with Crippen LogP contribution in [0.5, 0.6) is 5.75 Å². The summed E-state index contributed by atoms with van der Waals surface area (Å²) in [6.45, 7) is 1.48. The molecule has 3 nitrogen and oxygen atoms in total. The molecule has 6 heteroatoms. The minimum Gasteiger partial charge on any atom is -0.497 e. The van der Waals surface area contributed by atoms with Crippen molar-refractivity contribution in [3.05, 3.63) is 29.8 Å². The Kier molecular flexibility index (Phi) is 6.11. The molecule has 0 amide bonds. The summed E-state index contributed by atoms with van der Waals surface area (Å²) in [4.78, 5) is 0. The second-order valence-corrected chi connectivity index (χ2v) is 4.24. The van der Waals surface area contributed by atoms with Crippen molar-refractivity contribution in [2.45, 2.75) is 38.3 Å². The molecule has 1 rings (SSSR count). The molecule has 0 aliphatic rings. The minimum absolute atomic E-state index is 0.404. The number of benzene rings is 1. The molecule has 0 spiro atoms. The molecule has 2 N–H and O–H groups in total. The SMILES string of the molecule is COc1ccc(CC(N)C(C)OC(F)C(F)F)cc1. The fourth-order valence-electron chi connectivity index (χ4n) is 1.57. The maximum Gasteiger partial charge on any atom is 0.293 e. The van der Waals surface area contributed by atoms with Gasteiger partial charge >= 0.3 is 0 Å². The zero-order valence-corrected chi connectivity index (χ0v) is 10.9. The Labute approximate surface area is 110 Å². The molecule has 0 aliphatic carbocycles. The largest absolute Gasteiger partial charge is 0.497 e. The minimum atomic E-state index is -3.16. The maximum absolute atomic E-state index is 12.7. The first kappa shape index (κ1) is 15.8. The Morgan fingerprint density at radius 3 is 2.21 bits per heavy atom. The second-order valence-electron chi connectivity index (χ2n) is 4.24. The summed E-state index contributed by atoms with van der Waals surface area (Å²) in [5, 5.41) is 0. The monoisotopic (exact) mass is 277 g/mol. The van der Waals surface area contributed by atoms with Crippen molar-refractivity contribution in [1.29, 1.82) is 0 Å². The highest BCUT2D eigenvalue weighted by Crippen LogP contribution is 2.16. The fourth-order valence-corrected chi connectivity index (χ4v) is 1.57. The van der Waals surface area contributed by atoms with Crippen molar-refractivity contribution >= 4 is 0 Å². The van der Waals surface area contributed by atoms with Gasteiger partial charge in [0.2, 0.25) is 0 Å². The summed E-state index contributed by atoms with van der Waals surface area (Å²) >= 11 is 0. The molecular weight excluding hydrogens is 259 g/mol. The van der Waals surface area contributed by atoms with Gasteiger partial charge in [-0.05, 0) is 31.0 Å². The van der Waals surface area contributed by atoms with E-state index in [1.165, 1.54) is 6.92 Å². The standard InChI is InChI=1S/C13H18F3NO2/c1-8(19-13(16)12(14)15)11(17)7-9-3-5-10(18-2)6-4-9/h3-6,8,11-13H,7,17H2,1-2H3. The number of alkyl halides is 3. The van der Waals surface area contributed by atoms with E-state index in [0.717, 1.165) is 5.56 Å². The molecule has 0 saturated carbocycles. The summed E-state index contributed by atoms with van der Waals surface area (Å²) < 4.78 is 46.3. The van der Waals surface area contributed by atoms with Crippen LogP contribution in [0.3, 0.4) is 0 Å². The predicted molar refractivity (Wildman–Crippen MR) is 66.1 cm³/mol. The van der Waals surface area contributed by atoms with Gasteiger partial charge in [0.15, 0.2) is 0 Å². The van der Waals surface area contributed by atoms with E-state index in [9.17, 15) is 13.2 Å². The molecule has 0 aliphatic heterocycles. The Hall–Kier alpha value is -1.27. The van der Waals surface area contributed by atoms with Crippen LogP contribution in [0.15, 0.2) is 24.3 Å². The molecule has 1 aromatic carbocycles. The van der Waals surface area contributed by atoms with Crippen molar-refractivity contribution in [2.24, 2.45) is 5.73 Å². The van der Waals surface area contributed by atoms with Crippen LogP contribution in [0.2, 0.25) is 0 Å². The first-order valence-corrected chi connectivity index (χ1v) is 5.90. The highest BCUT2D eigenvalue weighted by molar-refractivity contribution is 5.27. The quantitative estimate of drug-likeness (QED) is 0.833. The Morgan fingerprint density at radius 2 is 1.74 bits per heavy atom. The van der Waals surface area contributed by atoms with E-state index < -0.39 is 24.9 Å². The second kappa shape index (κ2) is 7.35. The molecule has 0 bridgehead atoms. The van der Waals surface area contributed by atoms with Gasteiger partial charge < -0.3 is 15.2 Å². The van der Waals surface area contributed by atoms with Gasteiger partial charge in [-0.25, -0.2) is 13.2 Å². The van der Waals surface area contributed by atoms with Crippen LogP contribution in [0.4, 0.5) is 13.2 Å². The van der Waals surface area contributed by atoms with Crippen molar-refractivity contribution in [2.75, 3.05) is 7.11 Å². The van der Waals surface area contributed by atoms with Crippen LogP contribution in [0.25, 0.3) is 0 Å². The third kappa shape index (κ3) is 5.08. The number of halogens is 3. The number of hydrogen-bond acceptors (Lipinski definition) is 3. The van der Waals surface area contributed by atoms with Gasteiger partial charge in [-0.1, -0.05) is 12.1 Å². The van der Waals surface area contributed by atoms with Gasteiger partial charge in [0, 0.05) is 6.04 Å². The third-order valence-electron chi connectivity index (χ3n) is 2.78. The smallest absolute Gasteiger partial charge is 0.293 e. The normalized spacial score (nSPS) is 16.2. The molecule has 0 radical (unpaired) electrons. The van der Waals surface area contributed by atoms with Gasteiger partial charge in [-0.3, -0.25) is 0 Å². The van der Waals surface area contributed by atoms with Gasteiger partial charge in [-0.15, -0.1) is 0 Å². The lowest BCUT2D eigenvalue weighted by Crippen LogP contribution is -2.39. The van der Waals surface area contributed by atoms with Crippen LogP contribution >= 0.6 is 0 Å². The Bertz CT molecular complexity index is 373. The van der Waals surface area contributed by atoms with Crippen LogP contribution in [-0.4, -0.2) is 32.0 Å². The zero-order chi connectivity index (χ0) is 14.4. The molecule has 3 atom stereocenters. The van der Waals surface area contributed by atoms with Crippen molar-refractivity contribution in [1.82, 2.24) is 0 Å². The van der Waals surface area contributed by atoms with E-state index in [-0.39, 0.29) is 0 Å². The lowest BCUT2D eigenvalue weighted by atomic mass is 10.0. The molecule has 3 unspecified atom stereocenters. The van der Waals surface area contributed by atoms with Crippen molar-refractivity contribution in [3.63, 3.8) is 0 Å². The molecule has 108 valence electrons. The average molecular weight is 277 g/mol. The van der Waals surface area contributed by atoms with E-state index in [1.807, 2.05) is 12.1 Å². The van der Waals surface area contributed by atoms with Crippen LogP contribution < -0.4 is 10.5 Å². The van der Waals surface area contributed by atoms with E-state index in [0.29, 0.717) is 12.2 Å². The number of hydrogen-bond donors (Lipinski definition) is 1. The number of nitrogens with two attached hydrogens (primary N) is 1. The first-order valence-electron chi connectivity index (χ1n) is 5.90. The molecule has 1 aromatic rings. The van der Waals surface area contributed by atoms with E-state index in [1.54, 1.807) is 19.2 Å². The summed E-state index contributed by atoms with van der Waals surface area (Å²) in [6, 6.07) is 6.59. The summed E-state index contributed by atoms with van der Waals surface area (Å²) in [5.74, 6) is 0.711. The van der Waals surface area contributed by atoms with Gasteiger partial charge in [0.1, 0.15) is 5.75 Å². The van der Waals surface area contributed by atoms with Crippen LogP contribution in [0, 0.1) is 0 Å². The lowest BCUT2D eigenvalue weighted by molar-refractivity contribution is -0.157. The average Bonchev–Trinajstić information content (AvgIpc) is 2.39. The molecule has 0 aromatic heterocycles. The highest BCUT2D eigenvalue weighted by atomic mass is 19.3. The van der Waals surface area contributed by atoms with Gasteiger partial charge in [0.05, 0.1) is 13.2 Å². The summed E-state index contributed by atoms with van der Waals surface area (Å²) in [6.07, 6.45) is -6.15. The third-order valence-corrected chi connectivity index (χ3v) is 2.78. The Morgan fingerprint density at radius 1 is 1.16 bits per heavy atom. The van der Waals surface area contributed by atoms with Crippen LogP contribution in [-0.2, 0) is 11.2 Å². The number of ether oxygens (including phenoxy) is 2. The number of methoxy groups -OCH3 is 1. The van der Waals surface area contributed by atoms with Gasteiger partial charge in [0.25, 0.3) is 12.8 Å². The molecule has 0 saturated heterocycles. The van der Waals surface area contributed by atoms with E-state index >= 15 is 0 Å². The first-order chi connectivity index (χ1) is 8.93. The topological polar surface area (TPSA) is 44.5 Å². The lowest BCUT2D eigenvalue weighted by Gasteiger charge is -2.22. The van der Waals surface area contributed by atoms with E-state index in [2.05, 4.69) is 4.74 Å². The predicted octanol–water partition coefficient (Wildman–Crippen LogP) is 2.53. The summed E-state index contributed by atoms with van der Waals surface area (Å²) in [7, 11) is 1.56. The van der Waals surface area contributed by atoms with Crippen LogP contribution in [0.1, 0.15) is 12.5 Å². The zero-order valence-electron chi connectivity index (χ0n) is 10.9. The fraction of sp³-hybridized carbons (Fsp3) is 0.538. The van der Waals surface area contributed by atoms with Gasteiger partial charge in [-0.2, -0.15) is 0 Å². The molecule has 0 fully saturated rings. The molecular formula is C13H18F3NO2. The van der Waals surface area contributed by atoms with E-state index in [4.69, 9.17) is 10.5 Å². The molecule has 0 heterocycles. The van der Waals surface area contributed by atoms with Crippen molar-refractivity contribution in [3.8, 4) is 5.75 Å². The van der Waals surface area contributed by atoms with Crippen molar-refractivity contribution < 1.29 is 22.6 Å². The summed E-state index contributed by atoms with van der Waals surface area (Å²) in [5.41, 5.74) is 6.70. The highest BCUT2D eigenvalue weighted by Gasteiger charge is 2.25. The Balaban J connectivity index is 2.50.